The molecule has 0 radical (unpaired) electrons. The third kappa shape index (κ3) is 3.59. The van der Waals surface area contributed by atoms with Gasteiger partial charge in [-0.2, -0.15) is 0 Å². The molecule has 0 aromatic carbocycles. The summed E-state index contributed by atoms with van der Waals surface area (Å²) in [7, 11) is 1.63. The van der Waals surface area contributed by atoms with Gasteiger partial charge in [0.2, 0.25) is 0 Å². The Labute approximate surface area is 108 Å². The van der Waals surface area contributed by atoms with Crippen LogP contribution in [0.15, 0.2) is 15.3 Å². The van der Waals surface area contributed by atoms with E-state index in [1.165, 1.54) is 6.07 Å². The molecule has 1 aromatic heterocycles. The van der Waals surface area contributed by atoms with E-state index in [1.807, 2.05) is 6.92 Å². The summed E-state index contributed by atoms with van der Waals surface area (Å²) in [5, 5.41) is 2.76. The lowest BCUT2D eigenvalue weighted by molar-refractivity contribution is 0.0500. The van der Waals surface area contributed by atoms with E-state index in [9.17, 15) is 9.59 Å². The topological polar surface area (TPSA) is 71.2 Å². The molecule has 0 aliphatic heterocycles. The highest BCUT2D eigenvalue weighted by Gasteiger charge is 2.14. The van der Waals surface area contributed by atoms with Gasteiger partial charge < -0.3 is 15.0 Å². The van der Waals surface area contributed by atoms with E-state index >= 15 is 0 Å². The number of hydrogen-bond acceptors (Lipinski definition) is 4. The molecule has 1 rings (SSSR count). The van der Waals surface area contributed by atoms with Crippen LogP contribution in [0.2, 0.25) is 0 Å². The van der Waals surface area contributed by atoms with E-state index in [0.717, 1.165) is 12.8 Å². The molecule has 0 fully saturated rings. The minimum Gasteiger partial charge on any atom is -0.462 e. The van der Waals surface area contributed by atoms with Crippen molar-refractivity contribution >= 4 is 27.7 Å². The average Bonchev–Trinajstić information content (AvgIpc) is 2.32. The van der Waals surface area contributed by atoms with Gasteiger partial charge in [-0.3, -0.25) is 4.79 Å². The lowest BCUT2D eigenvalue weighted by atomic mass is 10.2. The fourth-order valence-electron chi connectivity index (χ4n) is 1.25. The van der Waals surface area contributed by atoms with Crippen LogP contribution in [-0.2, 0) is 4.74 Å². The smallest absolute Gasteiger partial charge is 0.341 e. The van der Waals surface area contributed by atoms with Crippen molar-refractivity contribution in [1.82, 2.24) is 4.98 Å². The van der Waals surface area contributed by atoms with Crippen LogP contribution in [0.5, 0.6) is 0 Å². The first kappa shape index (κ1) is 13.8. The molecule has 0 spiro atoms. The predicted molar refractivity (Wildman–Crippen MR) is 69.5 cm³/mol. The van der Waals surface area contributed by atoms with E-state index in [2.05, 4.69) is 26.2 Å². The standard InChI is InChI=1S/C11H15BrN2O3/c1-3-4-5-17-11(16)7-6-8(12)10(15)14-9(7)13-2/h6H,3-5H2,1-2H3,(H2,13,14,15). The number of halogens is 1. The monoisotopic (exact) mass is 302 g/mol. The molecule has 0 saturated heterocycles. The van der Waals surface area contributed by atoms with Crippen molar-refractivity contribution in [3.05, 3.63) is 26.5 Å². The number of carbonyl (C=O) groups excluding carboxylic acids is 1. The third-order valence-corrected chi connectivity index (χ3v) is 2.79. The first-order chi connectivity index (χ1) is 8.10. The van der Waals surface area contributed by atoms with Crippen LogP contribution in [-0.4, -0.2) is 24.6 Å². The maximum atomic E-state index is 11.8. The SMILES string of the molecule is CCCCOC(=O)c1cc(Br)c(=O)[nH]c1NC. The van der Waals surface area contributed by atoms with Gasteiger partial charge >= 0.3 is 5.97 Å². The highest BCUT2D eigenvalue weighted by molar-refractivity contribution is 9.10. The minimum absolute atomic E-state index is 0.292. The fourth-order valence-corrected chi connectivity index (χ4v) is 1.58. The summed E-state index contributed by atoms with van der Waals surface area (Å²) in [6, 6.07) is 1.46. The lowest BCUT2D eigenvalue weighted by Gasteiger charge is -2.09. The Morgan fingerprint density at radius 1 is 1.59 bits per heavy atom. The summed E-state index contributed by atoms with van der Waals surface area (Å²) < 4.78 is 5.39. The first-order valence-electron chi connectivity index (χ1n) is 5.37. The highest BCUT2D eigenvalue weighted by atomic mass is 79.9. The van der Waals surface area contributed by atoms with E-state index in [4.69, 9.17) is 4.74 Å². The molecule has 0 aliphatic rings. The van der Waals surface area contributed by atoms with E-state index < -0.39 is 5.97 Å². The van der Waals surface area contributed by atoms with Crippen molar-refractivity contribution < 1.29 is 9.53 Å². The number of anilines is 1. The second-order valence-electron chi connectivity index (χ2n) is 3.47. The van der Waals surface area contributed by atoms with Crippen LogP contribution in [0.3, 0.4) is 0 Å². The van der Waals surface area contributed by atoms with Gasteiger partial charge in [0.1, 0.15) is 11.4 Å². The van der Waals surface area contributed by atoms with E-state index in [0.29, 0.717) is 22.5 Å². The van der Waals surface area contributed by atoms with E-state index in [-0.39, 0.29) is 5.56 Å². The number of nitrogens with one attached hydrogen (secondary N) is 2. The minimum atomic E-state index is -0.445. The molecule has 17 heavy (non-hydrogen) atoms. The van der Waals surface area contributed by atoms with Gasteiger partial charge in [0.25, 0.3) is 5.56 Å². The summed E-state index contributed by atoms with van der Waals surface area (Å²) in [6.07, 6.45) is 1.78. The molecule has 1 heterocycles. The molecule has 94 valence electrons. The van der Waals surface area contributed by atoms with Crippen molar-refractivity contribution in [2.45, 2.75) is 19.8 Å². The third-order valence-electron chi connectivity index (χ3n) is 2.20. The van der Waals surface area contributed by atoms with Crippen molar-refractivity contribution in [1.29, 1.82) is 0 Å². The van der Waals surface area contributed by atoms with Crippen LogP contribution in [0.25, 0.3) is 0 Å². The molecule has 1 aromatic rings. The van der Waals surface area contributed by atoms with Gasteiger partial charge in [-0.15, -0.1) is 0 Å². The molecular formula is C11H15BrN2O3. The second kappa shape index (κ2) is 6.44. The number of pyridine rings is 1. The van der Waals surface area contributed by atoms with Gasteiger partial charge in [0.15, 0.2) is 0 Å². The van der Waals surface area contributed by atoms with Crippen LogP contribution >= 0.6 is 15.9 Å². The zero-order valence-corrected chi connectivity index (χ0v) is 11.4. The van der Waals surface area contributed by atoms with Crippen LogP contribution < -0.4 is 10.9 Å². The molecule has 0 bridgehead atoms. The molecule has 0 atom stereocenters. The van der Waals surface area contributed by atoms with Crippen molar-refractivity contribution in [3.63, 3.8) is 0 Å². The Kier molecular flexibility index (Phi) is 5.21. The highest BCUT2D eigenvalue weighted by Crippen LogP contribution is 2.15. The van der Waals surface area contributed by atoms with Gasteiger partial charge in [0, 0.05) is 7.05 Å². The van der Waals surface area contributed by atoms with Crippen molar-refractivity contribution in [2.24, 2.45) is 0 Å². The Morgan fingerprint density at radius 3 is 2.88 bits per heavy atom. The zero-order valence-electron chi connectivity index (χ0n) is 9.80. The van der Waals surface area contributed by atoms with Gasteiger partial charge in [-0.05, 0) is 28.4 Å². The van der Waals surface area contributed by atoms with Gasteiger partial charge in [-0.1, -0.05) is 13.3 Å². The average molecular weight is 303 g/mol. The van der Waals surface area contributed by atoms with Crippen LogP contribution in [0.4, 0.5) is 5.82 Å². The maximum absolute atomic E-state index is 11.8. The molecule has 6 heteroatoms. The summed E-state index contributed by atoms with van der Waals surface area (Å²) in [5.74, 6) is -0.0838. The number of carbonyl (C=O) groups is 1. The molecule has 0 unspecified atom stereocenters. The molecular weight excluding hydrogens is 288 g/mol. The number of unbranched alkanes of at least 4 members (excludes halogenated alkanes) is 1. The molecule has 5 nitrogen and oxygen atoms in total. The number of hydrogen-bond donors (Lipinski definition) is 2. The zero-order chi connectivity index (χ0) is 12.8. The number of esters is 1. The number of aromatic amines is 1. The van der Waals surface area contributed by atoms with Crippen LogP contribution in [0.1, 0.15) is 30.1 Å². The second-order valence-corrected chi connectivity index (χ2v) is 4.33. The first-order valence-corrected chi connectivity index (χ1v) is 6.17. The molecule has 0 saturated carbocycles. The lowest BCUT2D eigenvalue weighted by Crippen LogP contribution is -2.16. The maximum Gasteiger partial charge on any atom is 0.341 e. The molecule has 2 N–H and O–H groups in total. The molecule has 0 aliphatic carbocycles. The predicted octanol–water partition coefficient (Wildman–Crippen LogP) is 2.14. The number of H-pyrrole nitrogens is 1. The quantitative estimate of drug-likeness (QED) is 0.646. The summed E-state index contributed by atoms with van der Waals surface area (Å²) in [5.41, 5.74) is 0.0227. The van der Waals surface area contributed by atoms with E-state index in [1.54, 1.807) is 7.05 Å². The fraction of sp³-hybridized carbons (Fsp3) is 0.455. The Bertz CT molecular complexity index is 457. The van der Waals surface area contributed by atoms with Crippen molar-refractivity contribution in [2.75, 3.05) is 19.0 Å². The van der Waals surface area contributed by atoms with Gasteiger partial charge in [-0.25, -0.2) is 4.79 Å². The Morgan fingerprint density at radius 2 is 2.29 bits per heavy atom. The number of aromatic nitrogens is 1. The normalized spacial score (nSPS) is 10.1. The summed E-state index contributed by atoms with van der Waals surface area (Å²) in [4.78, 5) is 25.6. The Hall–Kier alpha value is -1.30. The summed E-state index contributed by atoms with van der Waals surface area (Å²) >= 11 is 3.08. The Balaban J connectivity index is 2.92. The van der Waals surface area contributed by atoms with Crippen LogP contribution in [0, 0.1) is 0 Å². The largest absolute Gasteiger partial charge is 0.462 e. The number of rotatable bonds is 5. The molecule has 0 amide bonds. The number of ether oxygens (including phenoxy) is 1. The summed E-state index contributed by atoms with van der Waals surface area (Å²) in [6.45, 7) is 2.40. The van der Waals surface area contributed by atoms with Gasteiger partial charge in [0.05, 0.1) is 11.1 Å². The van der Waals surface area contributed by atoms with Crippen molar-refractivity contribution in [3.8, 4) is 0 Å².